The molecule has 0 radical (unpaired) electrons. The Labute approximate surface area is 150 Å². The number of amides is 1. The second-order valence-electron chi connectivity index (χ2n) is 5.26. The van der Waals surface area contributed by atoms with E-state index in [2.05, 4.69) is 10.5 Å². The molecule has 0 aliphatic carbocycles. The van der Waals surface area contributed by atoms with Gasteiger partial charge in [0.25, 0.3) is 5.91 Å². The van der Waals surface area contributed by atoms with Crippen molar-refractivity contribution < 1.29 is 19.2 Å². The van der Waals surface area contributed by atoms with Gasteiger partial charge in [-0.1, -0.05) is 6.92 Å². The summed E-state index contributed by atoms with van der Waals surface area (Å²) in [6.07, 6.45) is 2.23. The normalized spacial score (nSPS) is 10.5. The summed E-state index contributed by atoms with van der Waals surface area (Å²) in [6.45, 7) is 2.63. The second kappa shape index (κ2) is 9.16. The summed E-state index contributed by atoms with van der Waals surface area (Å²) in [5.74, 6) is 0.449. The molecule has 26 heavy (non-hydrogen) atoms. The lowest BCUT2D eigenvalue weighted by molar-refractivity contribution is -0.385. The van der Waals surface area contributed by atoms with Crippen molar-refractivity contribution in [2.24, 2.45) is 5.10 Å². The molecular weight excluding hydrogens is 338 g/mol. The van der Waals surface area contributed by atoms with Crippen LogP contribution in [0.1, 0.15) is 29.3 Å². The first-order valence-corrected chi connectivity index (χ1v) is 7.94. The maximum Gasteiger partial charge on any atom is 0.311 e. The van der Waals surface area contributed by atoms with E-state index in [1.54, 1.807) is 30.3 Å². The minimum atomic E-state index is -0.545. The van der Waals surface area contributed by atoms with Gasteiger partial charge in [0.05, 0.1) is 24.9 Å². The molecule has 0 heterocycles. The van der Waals surface area contributed by atoms with Crippen molar-refractivity contribution in [2.75, 3.05) is 13.7 Å². The van der Waals surface area contributed by atoms with E-state index in [9.17, 15) is 14.9 Å². The molecule has 0 fully saturated rings. The van der Waals surface area contributed by atoms with Crippen LogP contribution in [0.5, 0.6) is 11.5 Å². The first kappa shape index (κ1) is 18.9. The first-order valence-electron chi connectivity index (χ1n) is 7.94. The summed E-state index contributed by atoms with van der Waals surface area (Å²) in [4.78, 5) is 22.5. The minimum absolute atomic E-state index is 0.154. The number of nitrogens with zero attached hydrogens (tertiary/aromatic N) is 2. The average Bonchev–Trinajstić information content (AvgIpc) is 2.66. The van der Waals surface area contributed by atoms with E-state index in [0.717, 1.165) is 6.42 Å². The molecule has 2 aromatic rings. The van der Waals surface area contributed by atoms with Crippen molar-refractivity contribution in [1.29, 1.82) is 0 Å². The van der Waals surface area contributed by atoms with E-state index in [4.69, 9.17) is 9.47 Å². The van der Waals surface area contributed by atoms with Crippen LogP contribution >= 0.6 is 0 Å². The molecule has 0 atom stereocenters. The molecule has 0 saturated carbocycles. The van der Waals surface area contributed by atoms with Crippen LogP contribution in [0.2, 0.25) is 0 Å². The summed E-state index contributed by atoms with van der Waals surface area (Å²) in [6, 6.07) is 11.1. The number of nitro benzene ring substituents is 1. The van der Waals surface area contributed by atoms with Gasteiger partial charge >= 0.3 is 5.69 Å². The number of nitrogens with one attached hydrogen (secondary N) is 1. The van der Waals surface area contributed by atoms with Gasteiger partial charge in [-0.2, -0.15) is 5.10 Å². The van der Waals surface area contributed by atoms with Crippen LogP contribution in [-0.2, 0) is 0 Å². The highest BCUT2D eigenvalue weighted by atomic mass is 16.6. The van der Waals surface area contributed by atoms with Crippen LogP contribution in [0.4, 0.5) is 5.69 Å². The molecule has 0 spiro atoms. The minimum Gasteiger partial charge on any atom is -0.494 e. The fourth-order valence-corrected chi connectivity index (χ4v) is 2.08. The molecule has 8 heteroatoms. The molecule has 1 amide bonds. The van der Waals surface area contributed by atoms with Gasteiger partial charge in [0.2, 0.25) is 0 Å². The number of carbonyl (C=O) groups excluding carboxylic acids is 1. The van der Waals surface area contributed by atoms with E-state index in [-0.39, 0.29) is 11.4 Å². The molecule has 0 aliphatic heterocycles. The molecule has 0 bridgehead atoms. The molecule has 0 aliphatic rings. The predicted octanol–water partition coefficient (Wildman–Crippen LogP) is 3.16. The summed E-state index contributed by atoms with van der Waals surface area (Å²) < 4.78 is 10.4. The van der Waals surface area contributed by atoms with Gasteiger partial charge in [0.15, 0.2) is 5.75 Å². The molecule has 8 nitrogen and oxygen atoms in total. The van der Waals surface area contributed by atoms with Gasteiger partial charge in [0.1, 0.15) is 5.75 Å². The molecule has 0 aromatic heterocycles. The van der Waals surface area contributed by atoms with Crippen molar-refractivity contribution >= 4 is 17.8 Å². The number of hydrogen-bond donors (Lipinski definition) is 1. The summed E-state index contributed by atoms with van der Waals surface area (Å²) in [5.41, 5.74) is 3.08. The van der Waals surface area contributed by atoms with Crippen LogP contribution in [0.25, 0.3) is 0 Å². The number of nitro groups is 1. The van der Waals surface area contributed by atoms with E-state index >= 15 is 0 Å². The third-order valence-corrected chi connectivity index (χ3v) is 3.37. The van der Waals surface area contributed by atoms with Gasteiger partial charge in [-0.25, -0.2) is 5.43 Å². The lowest BCUT2D eigenvalue weighted by Gasteiger charge is -2.05. The third-order valence-electron chi connectivity index (χ3n) is 3.37. The van der Waals surface area contributed by atoms with Crippen molar-refractivity contribution in [3.8, 4) is 11.5 Å². The number of methoxy groups -OCH3 is 1. The zero-order valence-electron chi connectivity index (χ0n) is 14.5. The summed E-state index contributed by atoms with van der Waals surface area (Å²) in [5, 5.41) is 14.8. The fourth-order valence-electron chi connectivity index (χ4n) is 2.08. The van der Waals surface area contributed by atoms with Crippen molar-refractivity contribution in [3.63, 3.8) is 0 Å². The molecule has 1 N–H and O–H groups in total. The van der Waals surface area contributed by atoms with Crippen molar-refractivity contribution in [3.05, 3.63) is 63.7 Å². The molecule has 136 valence electrons. The van der Waals surface area contributed by atoms with Crippen molar-refractivity contribution in [2.45, 2.75) is 13.3 Å². The zero-order chi connectivity index (χ0) is 18.9. The molecule has 0 saturated heterocycles. The predicted molar refractivity (Wildman–Crippen MR) is 96.9 cm³/mol. The Morgan fingerprint density at radius 1 is 1.27 bits per heavy atom. The maximum absolute atomic E-state index is 12.0. The molecule has 2 aromatic carbocycles. The lowest BCUT2D eigenvalue weighted by atomic mass is 10.2. The van der Waals surface area contributed by atoms with Crippen LogP contribution < -0.4 is 14.9 Å². The Balaban J connectivity index is 2.00. The number of ether oxygens (including phenoxy) is 2. The first-order chi connectivity index (χ1) is 12.5. The van der Waals surface area contributed by atoms with Crippen LogP contribution in [0.15, 0.2) is 47.6 Å². The Hall–Kier alpha value is -3.42. The average molecular weight is 357 g/mol. The number of benzene rings is 2. The Morgan fingerprint density at radius 3 is 2.62 bits per heavy atom. The highest BCUT2D eigenvalue weighted by Gasteiger charge is 2.14. The van der Waals surface area contributed by atoms with E-state index in [1.807, 2.05) is 6.92 Å². The number of hydrazone groups is 1. The Morgan fingerprint density at radius 2 is 2.00 bits per heavy atom. The van der Waals surface area contributed by atoms with Gasteiger partial charge in [-0.15, -0.1) is 0 Å². The number of carbonyl (C=O) groups is 1. The van der Waals surface area contributed by atoms with Gasteiger partial charge < -0.3 is 9.47 Å². The summed E-state index contributed by atoms with van der Waals surface area (Å²) in [7, 11) is 1.36. The van der Waals surface area contributed by atoms with Crippen LogP contribution in [0, 0.1) is 10.1 Å². The van der Waals surface area contributed by atoms with Gasteiger partial charge in [0, 0.05) is 17.2 Å². The Kier molecular flexibility index (Phi) is 6.67. The topological polar surface area (TPSA) is 103 Å². The standard InChI is InChI=1S/C18H19N3O5/c1-3-10-26-15-7-5-14(6-8-15)18(22)20-19-12-13-4-9-17(25-2)16(11-13)21(23)24/h4-9,11-12H,3,10H2,1-2H3,(H,20,22)/b19-12-. The quantitative estimate of drug-likeness (QED) is 0.444. The van der Waals surface area contributed by atoms with Gasteiger partial charge in [-0.05, 0) is 42.8 Å². The third kappa shape index (κ3) is 5.04. The highest BCUT2D eigenvalue weighted by molar-refractivity contribution is 5.95. The monoisotopic (exact) mass is 357 g/mol. The number of rotatable bonds is 8. The molecular formula is C18H19N3O5. The van der Waals surface area contributed by atoms with Crippen molar-refractivity contribution in [1.82, 2.24) is 5.43 Å². The fraction of sp³-hybridized carbons (Fsp3) is 0.222. The van der Waals surface area contributed by atoms with Crippen LogP contribution in [-0.4, -0.2) is 30.8 Å². The largest absolute Gasteiger partial charge is 0.494 e. The SMILES string of the molecule is CCCOc1ccc(C(=O)N/N=C\c2ccc(OC)c([N+](=O)[O-])c2)cc1. The zero-order valence-corrected chi connectivity index (χ0v) is 14.5. The maximum atomic E-state index is 12.0. The molecule has 2 rings (SSSR count). The van der Waals surface area contributed by atoms with Gasteiger partial charge in [-0.3, -0.25) is 14.9 Å². The lowest BCUT2D eigenvalue weighted by Crippen LogP contribution is -2.17. The van der Waals surface area contributed by atoms with Crippen LogP contribution in [0.3, 0.4) is 0 Å². The van der Waals surface area contributed by atoms with E-state index < -0.39 is 10.8 Å². The van der Waals surface area contributed by atoms with E-state index in [1.165, 1.54) is 25.5 Å². The second-order valence-corrected chi connectivity index (χ2v) is 5.26. The number of hydrogen-bond acceptors (Lipinski definition) is 6. The van der Waals surface area contributed by atoms with E-state index in [0.29, 0.717) is 23.5 Å². The molecule has 0 unspecified atom stereocenters. The summed E-state index contributed by atoms with van der Waals surface area (Å²) >= 11 is 0. The smallest absolute Gasteiger partial charge is 0.311 e. The highest BCUT2D eigenvalue weighted by Crippen LogP contribution is 2.26. The Bertz CT molecular complexity index is 803.